The Morgan fingerprint density at radius 2 is 1.92 bits per heavy atom. The number of nitrogens with zero attached hydrogens (tertiary/aromatic N) is 1. The normalized spacial score (nSPS) is 12.8. The second kappa shape index (κ2) is 7.28. The molecule has 0 fully saturated rings. The monoisotopic (exact) mass is 348 g/mol. The molecule has 0 aliphatic heterocycles. The molecule has 0 aromatic heterocycles. The number of halogens is 3. The van der Waals surface area contributed by atoms with Crippen LogP contribution >= 0.6 is 0 Å². The Kier molecular flexibility index (Phi) is 5.88. The molecule has 0 spiro atoms. The number of carbonyl (C=O) groups is 2. The second-order valence-corrected chi connectivity index (χ2v) is 5.37. The predicted octanol–water partition coefficient (Wildman–Crippen LogP) is 2.85. The van der Waals surface area contributed by atoms with Gasteiger partial charge in [0.1, 0.15) is 6.04 Å². The van der Waals surface area contributed by atoms with E-state index in [0.29, 0.717) is 5.56 Å². The molecule has 0 saturated carbocycles. The van der Waals surface area contributed by atoms with Crippen LogP contribution in [0.3, 0.4) is 0 Å². The molecule has 1 unspecified atom stereocenters. The van der Waals surface area contributed by atoms with E-state index in [-0.39, 0.29) is 17.2 Å². The van der Waals surface area contributed by atoms with Gasteiger partial charge < -0.3 is 10.4 Å². The SMILES string of the molecule is CC(C)c1ccc(C(=O)NC(CC(F)(F)F)C(=O)O)cc1[N+](=O)[O-]. The molecule has 2 N–H and O–H groups in total. The van der Waals surface area contributed by atoms with Gasteiger partial charge in [0.25, 0.3) is 11.6 Å². The van der Waals surface area contributed by atoms with Crippen LogP contribution in [0.25, 0.3) is 0 Å². The first kappa shape index (κ1) is 19.4. The van der Waals surface area contributed by atoms with Crippen LogP contribution in [0.2, 0.25) is 0 Å². The van der Waals surface area contributed by atoms with E-state index in [1.54, 1.807) is 19.2 Å². The largest absolute Gasteiger partial charge is 0.480 e. The average Bonchev–Trinajstić information content (AvgIpc) is 2.44. The minimum Gasteiger partial charge on any atom is -0.480 e. The summed E-state index contributed by atoms with van der Waals surface area (Å²) in [6, 6.07) is 1.25. The minimum atomic E-state index is -4.79. The van der Waals surface area contributed by atoms with Crippen molar-refractivity contribution in [1.82, 2.24) is 5.32 Å². The lowest BCUT2D eigenvalue weighted by Gasteiger charge is -2.16. The van der Waals surface area contributed by atoms with E-state index in [9.17, 15) is 32.9 Å². The zero-order valence-electron chi connectivity index (χ0n) is 12.8. The number of carbonyl (C=O) groups excluding carboxylic acids is 1. The maximum atomic E-state index is 12.3. The van der Waals surface area contributed by atoms with Gasteiger partial charge in [-0.3, -0.25) is 14.9 Å². The third-order valence-electron chi connectivity index (χ3n) is 3.15. The smallest absolute Gasteiger partial charge is 0.391 e. The van der Waals surface area contributed by atoms with Crippen LogP contribution in [0, 0.1) is 10.1 Å². The molecule has 1 aromatic carbocycles. The van der Waals surface area contributed by atoms with Crippen molar-refractivity contribution in [1.29, 1.82) is 0 Å². The quantitative estimate of drug-likeness (QED) is 0.607. The van der Waals surface area contributed by atoms with Crippen molar-refractivity contribution in [2.75, 3.05) is 0 Å². The molecule has 1 amide bonds. The van der Waals surface area contributed by atoms with E-state index in [2.05, 4.69) is 0 Å². The van der Waals surface area contributed by atoms with E-state index in [0.717, 1.165) is 6.07 Å². The lowest BCUT2D eigenvalue weighted by Crippen LogP contribution is -2.43. The Morgan fingerprint density at radius 3 is 2.33 bits per heavy atom. The van der Waals surface area contributed by atoms with Crippen molar-refractivity contribution < 1.29 is 32.8 Å². The Hall–Kier alpha value is -2.65. The first-order valence-corrected chi connectivity index (χ1v) is 6.81. The summed E-state index contributed by atoms with van der Waals surface area (Å²) in [6.45, 7) is 3.40. The van der Waals surface area contributed by atoms with Crippen molar-refractivity contribution in [3.05, 3.63) is 39.4 Å². The molecular formula is C14H15F3N2O5. The lowest BCUT2D eigenvalue weighted by molar-refractivity contribution is -0.385. The van der Waals surface area contributed by atoms with Gasteiger partial charge >= 0.3 is 12.1 Å². The summed E-state index contributed by atoms with van der Waals surface area (Å²) in [5.41, 5.74) is -0.304. The Morgan fingerprint density at radius 1 is 1.33 bits per heavy atom. The number of rotatable bonds is 6. The maximum Gasteiger partial charge on any atom is 0.391 e. The molecule has 1 aromatic rings. The van der Waals surface area contributed by atoms with Gasteiger partial charge in [-0.1, -0.05) is 19.9 Å². The standard InChI is InChI=1S/C14H15F3N2O5/c1-7(2)9-4-3-8(5-11(9)19(23)24)12(20)18-10(13(21)22)6-14(15,16)17/h3-5,7,10H,6H2,1-2H3,(H,18,20)(H,21,22). The van der Waals surface area contributed by atoms with Crippen molar-refractivity contribution in [3.8, 4) is 0 Å². The van der Waals surface area contributed by atoms with Crippen LogP contribution in [-0.4, -0.2) is 34.1 Å². The Balaban J connectivity index is 3.08. The fourth-order valence-corrected chi connectivity index (χ4v) is 2.00. The molecular weight excluding hydrogens is 333 g/mol. The molecule has 0 bridgehead atoms. The van der Waals surface area contributed by atoms with Gasteiger partial charge in [-0.2, -0.15) is 13.2 Å². The maximum absolute atomic E-state index is 12.3. The molecule has 10 heteroatoms. The van der Waals surface area contributed by atoms with E-state index in [1.807, 2.05) is 0 Å². The summed E-state index contributed by atoms with van der Waals surface area (Å²) in [4.78, 5) is 33.1. The van der Waals surface area contributed by atoms with Gasteiger partial charge in [0.05, 0.1) is 11.3 Å². The van der Waals surface area contributed by atoms with E-state index in [4.69, 9.17) is 5.11 Å². The summed E-state index contributed by atoms with van der Waals surface area (Å²) in [6.07, 6.45) is -6.54. The number of carboxylic acids is 1. The fourth-order valence-electron chi connectivity index (χ4n) is 2.00. The number of aliphatic carboxylic acids is 1. The number of nitrogens with one attached hydrogen (secondary N) is 1. The molecule has 0 radical (unpaired) electrons. The van der Waals surface area contributed by atoms with Gasteiger partial charge in [-0.15, -0.1) is 0 Å². The number of amides is 1. The summed E-state index contributed by atoms with van der Waals surface area (Å²) in [5.74, 6) is -3.20. The van der Waals surface area contributed by atoms with Crippen LogP contribution in [0.4, 0.5) is 18.9 Å². The lowest BCUT2D eigenvalue weighted by atomic mass is 9.99. The third kappa shape index (κ3) is 5.21. The summed E-state index contributed by atoms with van der Waals surface area (Å²) >= 11 is 0. The van der Waals surface area contributed by atoms with Gasteiger partial charge in [-0.25, -0.2) is 4.79 Å². The molecule has 24 heavy (non-hydrogen) atoms. The average molecular weight is 348 g/mol. The Labute approximate surface area is 134 Å². The topological polar surface area (TPSA) is 110 Å². The molecule has 0 heterocycles. The number of hydrogen-bond acceptors (Lipinski definition) is 4. The predicted molar refractivity (Wildman–Crippen MR) is 76.7 cm³/mol. The van der Waals surface area contributed by atoms with Crippen LogP contribution in [-0.2, 0) is 4.79 Å². The molecule has 7 nitrogen and oxygen atoms in total. The number of hydrogen-bond donors (Lipinski definition) is 2. The second-order valence-electron chi connectivity index (χ2n) is 5.37. The highest BCUT2D eigenvalue weighted by atomic mass is 19.4. The van der Waals surface area contributed by atoms with Crippen LogP contribution in [0.5, 0.6) is 0 Å². The molecule has 0 saturated heterocycles. The van der Waals surface area contributed by atoms with Crippen molar-refractivity contribution >= 4 is 17.6 Å². The van der Waals surface area contributed by atoms with E-state index < -0.39 is 35.4 Å². The number of alkyl halides is 3. The minimum absolute atomic E-state index is 0.209. The number of benzene rings is 1. The highest BCUT2D eigenvalue weighted by molar-refractivity contribution is 5.97. The van der Waals surface area contributed by atoms with Crippen LogP contribution in [0.1, 0.15) is 42.1 Å². The van der Waals surface area contributed by atoms with Crippen LogP contribution < -0.4 is 5.32 Å². The molecule has 132 valence electrons. The number of carboxylic acid groups (broad SMARTS) is 1. The summed E-state index contributed by atoms with van der Waals surface area (Å²) < 4.78 is 37.0. The molecule has 0 aliphatic rings. The molecule has 1 rings (SSSR count). The van der Waals surface area contributed by atoms with E-state index in [1.165, 1.54) is 12.1 Å². The van der Waals surface area contributed by atoms with Gasteiger partial charge in [0, 0.05) is 17.2 Å². The summed E-state index contributed by atoms with van der Waals surface area (Å²) in [5, 5.41) is 21.5. The zero-order valence-corrected chi connectivity index (χ0v) is 12.8. The van der Waals surface area contributed by atoms with Crippen molar-refractivity contribution in [2.24, 2.45) is 0 Å². The zero-order chi connectivity index (χ0) is 18.7. The van der Waals surface area contributed by atoms with Crippen LogP contribution in [0.15, 0.2) is 18.2 Å². The van der Waals surface area contributed by atoms with Gasteiger partial charge in [0.15, 0.2) is 0 Å². The number of nitro benzene ring substituents is 1. The first-order valence-electron chi connectivity index (χ1n) is 6.81. The van der Waals surface area contributed by atoms with Crippen molar-refractivity contribution in [3.63, 3.8) is 0 Å². The molecule has 1 atom stereocenters. The third-order valence-corrected chi connectivity index (χ3v) is 3.15. The molecule has 0 aliphatic carbocycles. The van der Waals surface area contributed by atoms with Gasteiger partial charge in [-0.05, 0) is 12.0 Å². The summed E-state index contributed by atoms with van der Waals surface area (Å²) in [7, 11) is 0. The van der Waals surface area contributed by atoms with E-state index >= 15 is 0 Å². The van der Waals surface area contributed by atoms with Gasteiger partial charge in [0.2, 0.25) is 0 Å². The number of nitro groups is 1. The Bertz CT molecular complexity index is 658. The van der Waals surface area contributed by atoms with Crippen molar-refractivity contribution in [2.45, 2.75) is 38.4 Å². The highest BCUT2D eigenvalue weighted by Gasteiger charge is 2.36. The fraction of sp³-hybridized carbons (Fsp3) is 0.429. The first-order chi connectivity index (χ1) is 10.9. The highest BCUT2D eigenvalue weighted by Crippen LogP contribution is 2.27.